The average molecular weight is 179 g/mol. The van der Waals surface area contributed by atoms with Gasteiger partial charge in [0, 0.05) is 18.6 Å². The third-order valence-corrected chi connectivity index (χ3v) is 2.58. The molecular formula is C7H15ClN2O. The van der Waals surface area contributed by atoms with Gasteiger partial charge >= 0.3 is 0 Å². The Morgan fingerprint density at radius 2 is 2.27 bits per heavy atom. The van der Waals surface area contributed by atoms with Gasteiger partial charge in [-0.1, -0.05) is 0 Å². The highest BCUT2D eigenvalue weighted by atomic mass is 35.5. The van der Waals surface area contributed by atoms with Crippen molar-refractivity contribution in [2.75, 3.05) is 19.6 Å². The van der Waals surface area contributed by atoms with E-state index in [1.165, 1.54) is 6.42 Å². The Hall–Kier alpha value is 0.170. The number of aliphatic hydroxyl groups is 1. The Labute approximate surface area is 73.0 Å². The first-order valence-corrected chi connectivity index (χ1v) is 3.95. The van der Waals surface area contributed by atoms with Crippen LogP contribution >= 0.6 is 12.4 Å². The molecule has 0 radical (unpaired) electrons. The SMILES string of the molecule is Cl.OC1CNC2(CCNC2)C1. The molecule has 0 amide bonds. The summed E-state index contributed by atoms with van der Waals surface area (Å²) >= 11 is 0. The Morgan fingerprint density at radius 3 is 2.73 bits per heavy atom. The third kappa shape index (κ3) is 1.67. The molecule has 0 bridgehead atoms. The molecule has 2 saturated heterocycles. The van der Waals surface area contributed by atoms with Gasteiger partial charge in [0.15, 0.2) is 0 Å². The Bertz CT molecular complexity index is 136. The van der Waals surface area contributed by atoms with E-state index in [2.05, 4.69) is 10.6 Å². The number of β-amino-alcohol motifs (C(OH)–C–C–N with tert-alkyl or cyclic N) is 1. The highest BCUT2D eigenvalue weighted by Crippen LogP contribution is 2.25. The summed E-state index contributed by atoms with van der Waals surface area (Å²) in [6.07, 6.45) is 1.99. The number of halogens is 1. The van der Waals surface area contributed by atoms with E-state index in [1.54, 1.807) is 0 Å². The van der Waals surface area contributed by atoms with Crippen molar-refractivity contribution in [2.24, 2.45) is 0 Å². The van der Waals surface area contributed by atoms with Crippen LogP contribution in [0.15, 0.2) is 0 Å². The predicted molar refractivity (Wildman–Crippen MR) is 46.1 cm³/mol. The van der Waals surface area contributed by atoms with Crippen molar-refractivity contribution in [3.8, 4) is 0 Å². The molecule has 3 nitrogen and oxygen atoms in total. The predicted octanol–water partition coefficient (Wildman–Crippen LogP) is -0.505. The lowest BCUT2D eigenvalue weighted by Gasteiger charge is -2.21. The maximum Gasteiger partial charge on any atom is 0.0682 e. The fourth-order valence-corrected chi connectivity index (χ4v) is 2.00. The molecule has 0 saturated carbocycles. The zero-order valence-electron chi connectivity index (χ0n) is 6.47. The highest BCUT2D eigenvalue weighted by molar-refractivity contribution is 5.85. The molecule has 1 spiro atoms. The molecular weight excluding hydrogens is 164 g/mol. The number of aliphatic hydroxyl groups excluding tert-OH is 1. The van der Waals surface area contributed by atoms with Crippen LogP contribution in [0, 0.1) is 0 Å². The van der Waals surface area contributed by atoms with Gasteiger partial charge in [-0.25, -0.2) is 0 Å². The first-order chi connectivity index (χ1) is 4.81. The van der Waals surface area contributed by atoms with Crippen LogP contribution in [0.2, 0.25) is 0 Å². The van der Waals surface area contributed by atoms with Crippen LogP contribution in [0.25, 0.3) is 0 Å². The average Bonchev–Trinajstić information content (AvgIpc) is 2.46. The monoisotopic (exact) mass is 178 g/mol. The molecule has 66 valence electrons. The summed E-state index contributed by atoms with van der Waals surface area (Å²) in [5.41, 5.74) is 0.249. The number of rotatable bonds is 0. The van der Waals surface area contributed by atoms with Crippen molar-refractivity contribution in [2.45, 2.75) is 24.5 Å². The smallest absolute Gasteiger partial charge is 0.0682 e. The molecule has 2 aliphatic rings. The lowest BCUT2D eigenvalue weighted by Crippen LogP contribution is -2.41. The molecule has 2 atom stereocenters. The second kappa shape index (κ2) is 3.27. The minimum Gasteiger partial charge on any atom is -0.392 e. The van der Waals surface area contributed by atoms with Gasteiger partial charge in [-0.15, -0.1) is 12.4 Å². The van der Waals surface area contributed by atoms with Gasteiger partial charge < -0.3 is 15.7 Å². The summed E-state index contributed by atoms with van der Waals surface area (Å²) in [5.74, 6) is 0. The zero-order valence-corrected chi connectivity index (χ0v) is 7.28. The summed E-state index contributed by atoms with van der Waals surface area (Å²) in [6, 6.07) is 0. The minimum absolute atomic E-state index is 0. The normalized spacial score (nSPS) is 42.8. The summed E-state index contributed by atoms with van der Waals surface area (Å²) in [4.78, 5) is 0. The van der Waals surface area contributed by atoms with Crippen LogP contribution in [0.4, 0.5) is 0 Å². The molecule has 2 rings (SSSR count). The molecule has 4 heteroatoms. The molecule has 0 aliphatic carbocycles. The van der Waals surface area contributed by atoms with Crippen molar-refractivity contribution in [3.05, 3.63) is 0 Å². The molecule has 11 heavy (non-hydrogen) atoms. The number of hydrogen-bond acceptors (Lipinski definition) is 3. The molecule has 2 fully saturated rings. The highest BCUT2D eigenvalue weighted by Gasteiger charge is 2.39. The third-order valence-electron chi connectivity index (χ3n) is 2.58. The van der Waals surface area contributed by atoms with Gasteiger partial charge in [-0.2, -0.15) is 0 Å². The van der Waals surface area contributed by atoms with Crippen molar-refractivity contribution in [1.29, 1.82) is 0 Å². The minimum atomic E-state index is -0.111. The van der Waals surface area contributed by atoms with Crippen LogP contribution in [-0.4, -0.2) is 36.4 Å². The molecule has 2 heterocycles. The van der Waals surface area contributed by atoms with Gasteiger partial charge in [0.1, 0.15) is 0 Å². The quantitative estimate of drug-likeness (QED) is 0.469. The fourth-order valence-electron chi connectivity index (χ4n) is 2.00. The van der Waals surface area contributed by atoms with E-state index in [0.29, 0.717) is 0 Å². The summed E-state index contributed by atoms with van der Waals surface area (Å²) in [5, 5.41) is 15.9. The molecule has 2 unspecified atom stereocenters. The molecule has 0 aromatic rings. The lowest BCUT2D eigenvalue weighted by atomic mass is 9.96. The number of nitrogens with one attached hydrogen (secondary N) is 2. The first kappa shape index (κ1) is 9.26. The van der Waals surface area contributed by atoms with E-state index >= 15 is 0 Å². The van der Waals surface area contributed by atoms with Gasteiger partial charge in [-0.3, -0.25) is 0 Å². The van der Waals surface area contributed by atoms with Crippen molar-refractivity contribution in [3.63, 3.8) is 0 Å². The standard InChI is InChI=1S/C7H14N2O.ClH/c10-6-3-7(9-4-6)1-2-8-5-7;/h6,8-10H,1-5H2;1H. The van der Waals surface area contributed by atoms with E-state index in [1.807, 2.05) is 0 Å². The van der Waals surface area contributed by atoms with Crippen molar-refractivity contribution < 1.29 is 5.11 Å². The summed E-state index contributed by atoms with van der Waals surface area (Å²) < 4.78 is 0. The van der Waals surface area contributed by atoms with Crippen LogP contribution in [0.5, 0.6) is 0 Å². The van der Waals surface area contributed by atoms with Crippen LogP contribution in [0.1, 0.15) is 12.8 Å². The Morgan fingerprint density at radius 1 is 1.45 bits per heavy atom. The summed E-state index contributed by atoms with van der Waals surface area (Å²) in [7, 11) is 0. The largest absolute Gasteiger partial charge is 0.392 e. The van der Waals surface area contributed by atoms with Gasteiger partial charge in [-0.05, 0) is 19.4 Å². The topological polar surface area (TPSA) is 44.3 Å². The number of hydrogen-bond donors (Lipinski definition) is 3. The lowest BCUT2D eigenvalue weighted by molar-refractivity contribution is 0.186. The van der Waals surface area contributed by atoms with E-state index in [0.717, 1.165) is 26.1 Å². The fraction of sp³-hybridized carbons (Fsp3) is 1.00. The van der Waals surface area contributed by atoms with Crippen molar-refractivity contribution >= 4 is 12.4 Å². The zero-order chi connectivity index (χ0) is 7.03. The van der Waals surface area contributed by atoms with Crippen LogP contribution in [0.3, 0.4) is 0 Å². The van der Waals surface area contributed by atoms with E-state index in [-0.39, 0.29) is 24.0 Å². The molecule has 0 aromatic heterocycles. The Balaban J connectivity index is 0.000000605. The Kier molecular flexibility index (Phi) is 2.75. The second-order valence-electron chi connectivity index (χ2n) is 3.45. The van der Waals surface area contributed by atoms with E-state index in [4.69, 9.17) is 0 Å². The molecule has 2 aliphatic heterocycles. The maximum absolute atomic E-state index is 9.26. The molecule has 0 aromatic carbocycles. The van der Waals surface area contributed by atoms with Gasteiger partial charge in [0.2, 0.25) is 0 Å². The van der Waals surface area contributed by atoms with E-state index in [9.17, 15) is 5.11 Å². The van der Waals surface area contributed by atoms with Gasteiger partial charge in [0.05, 0.1) is 6.10 Å². The van der Waals surface area contributed by atoms with Crippen molar-refractivity contribution in [1.82, 2.24) is 10.6 Å². The summed E-state index contributed by atoms with van der Waals surface area (Å²) in [6.45, 7) is 2.91. The van der Waals surface area contributed by atoms with E-state index < -0.39 is 0 Å². The van der Waals surface area contributed by atoms with Gasteiger partial charge in [0.25, 0.3) is 0 Å². The first-order valence-electron chi connectivity index (χ1n) is 3.95. The molecule has 3 N–H and O–H groups in total. The van der Waals surface area contributed by atoms with Crippen LogP contribution < -0.4 is 10.6 Å². The van der Waals surface area contributed by atoms with Crippen LogP contribution in [-0.2, 0) is 0 Å². The second-order valence-corrected chi connectivity index (χ2v) is 3.45. The maximum atomic E-state index is 9.26.